The first-order valence-electron chi connectivity index (χ1n) is 8.35. The van der Waals surface area contributed by atoms with Crippen molar-refractivity contribution >= 4 is 0 Å². The van der Waals surface area contributed by atoms with Crippen LogP contribution in [0.2, 0.25) is 0 Å². The molecule has 24 heavy (non-hydrogen) atoms. The Hall–Kier alpha value is -1.92. The third-order valence-corrected chi connectivity index (χ3v) is 4.37. The Morgan fingerprint density at radius 3 is 2.92 bits per heavy atom. The molecule has 0 bridgehead atoms. The zero-order valence-corrected chi connectivity index (χ0v) is 14.5. The van der Waals surface area contributed by atoms with Gasteiger partial charge in [0, 0.05) is 31.0 Å². The molecule has 1 atom stereocenters. The highest BCUT2D eigenvalue weighted by Gasteiger charge is 2.30. The molecular weight excluding hydrogens is 305 g/mol. The van der Waals surface area contributed by atoms with E-state index in [1.54, 1.807) is 12.3 Å². The molecule has 2 aromatic rings. The van der Waals surface area contributed by atoms with E-state index < -0.39 is 0 Å². The van der Waals surface area contributed by atoms with Gasteiger partial charge in [0.25, 0.3) is 0 Å². The number of nitrogens with zero attached hydrogens (tertiary/aromatic N) is 5. The number of pyridine rings is 1. The highest BCUT2D eigenvalue weighted by Crippen LogP contribution is 2.34. The van der Waals surface area contributed by atoms with Crippen molar-refractivity contribution in [2.24, 2.45) is 0 Å². The lowest BCUT2D eigenvalue weighted by atomic mass is 10.1. The minimum Gasteiger partial charge on any atom is -0.305 e. The van der Waals surface area contributed by atoms with Gasteiger partial charge >= 0.3 is 0 Å². The molecule has 1 aliphatic heterocycles. The maximum absolute atomic E-state index is 14.0. The molecule has 2 aromatic heterocycles. The quantitative estimate of drug-likeness (QED) is 0.844. The number of halogens is 1. The third-order valence-electron chi connectivity index (χ3n) is 4.37. The highest BCUT2D eigenvalue weighted by molar-refractivity contribution is 5.22. The van der Waals surface area contributed by atoms with E-state index in [0.717, 1.165) is 43.0 Å². The van der Waals surface area contributed by atoms with E-state index >= 15 is 0 Å². The van der Waals surface area contributed by atoms with Gasteiger partial charge in [0.1, 0.15) is 11.6 Å². The van der Waals surface area contributed by atoms with E-state index in [1.807, 2.05) is 27.2 Å². The van der Waals surface area contributed by atoms with E-state index in [2.05, 4.69) is 19.8 Å². The van der Waals surface area contributed by atoms with Gasteiger partial charge in [0.15, 0.2) is 0 Å². The molecule has 1 saturated heterocycles. The lowest BCUT2D eigenvalue weighted by Gasteiger charge is -2.26. The van der Waals surface area contributed by atoms with Gasteiger partial charge in [0.2, 0.25) is 0 Å². The number of hydrogen-bond acceptors (Lipinski definition) is 5. The number of aromatic nitrogens is 3. The summed E-state index contributed by atoms with van der Waals surface area (Å²) in [6.07, 6.45) is 5.69. The van der Waals surface area contributed by atoms with Crippen molar-refractivity contribution in [3.05, 3.63) is 53.1 Å². The van der Waals surface area contributed by atoms with Gasteiger partial charge in [-0.2, -0.15) is 0 Å². The van der Waals surface area contributed by atoms with Gasteiger partial charge in [-0.1, -0.05) is 0 Å². The molecule has 1 aliphatic rings. The molecular formula is C18H24FN5. The van der Waals surface area contributed by atoms with Crippen molar-refractivity contribution in [2.45, 2.75) is 38.9 Å². The van der Waals surface area contributed by atoms with Crippen LogP contribution in [0.4, 0.5) is 4.39 Å². The van der Waals surface area contributed by atoms with Gasteiger partial charge in [-0.3, -0.25) is 9.88 Å². The van der Waals surface area contributed by atoms with Crippen LogP contribution in [-0.4, -0.2) is 45.4 Å². The summed E-state index contributed by atoms with van der Waals surface area (Å²) in [6.45, 7) is 4.17. The van der Waals surface area contributed by atoms with Crippen LogP contribution < -0.4 is 0 Å². The zero-order chi connectivity index (χ0) is 17.1. The van der Waals surface area contributed by atoms with E-state index in [0.29, 0.717) is 12.2 Å². The summed E-state index contributed by atoms with van der Waals surface area (Å²) in [5, 5.41) is 0. The second-order valence-electron chi connectivity index (χ2n) is 6.63. The molecule has 0 radical (unpaired) electrons. The van der Waals surface area contributed by atoms with Crippen LogP contribution in [0.15, 0.2) is 24.5 Å². The van der Waals surface area contributed by atoms with Crippen LogP contribution in [0.3, 0.4) is 0 Å². The number of rotatable bonds is 5. The van der Waals surface area contributed by atoms with Gasteiger partial charge in [-0.25, -0.2) is 14.4 Å². The van der Waals surface area contributed by atoms with Crippen LogP contribution in [0.5, 0.6) is 0 Å². The van der Waals surface area contributed by atoms with E-state index in [1.165, 1.54) is 6.07 Å². The Balaban J connectivity index is 1.88. The molecule has 128 valence electrons. The largest absolute Gasteiger partial charge is 0.305 e. The lowest BCUT2D eigenvalue weighted by molar-refractivity contribution is 0.234. The lowest BCUT2D eigenvalue weighted by Crippen LogP contribution is -2.26. The molecule has 0 N–H and O–H groups in total. The molecule has 0 saturated carbocycles. The van der Waals surface area contributed by atoms with Crippen LogP contribution in [0.1, 0.15) is 41.7 Å². The van der Waals surface area contributed by atoms with Crippen LogP contribution >= 0.6 is 0 Å². The molecule has 0 aliphatic carbocycles. The molecule has 0 amide bonds. The maximum Gasteiger partial charge on any atom is 0.146 e. The number of aryl methyl sites for hydroxylation is 1. The summed E-state index contributed by atoms with van der Waals surface area (Å²) in [7, 11) is 4.08. The maximum atomic E-state index is 14.0. The second kappa shape index (κ2) is 7.32. The van der Waals surface area contributed by atoms with Crippen molar-refractivity contribution in [1.82, 2.24) is 24.8 Å². The Labute approximate surface area is 142 Å². The SMILES string of the molecule is Cc1ncc(CN(C)C)c([C@@H]2CCCN2Cc2ncccc2F)n1. The standard InChI is InChI=1S/C18H24FN5/c1-13-21-10-14(11-23(2)3)18(22-13)17-7-5-9-24(17)12-16-15(19)6-4-8-20-16/h4,6,8,10,17H,5,7,9,11-12H2,1-3H3/t17-/m0/s1. The summed E-state index contributed by atoms with van der Waals surface area (Å²) < 4.78 is 14.0. The summed E-state index contributed by atoms with van der Waals surface area (Å²) in [4.78, 5) is 17.7. The van der Waals surface area contributed by atoms with Gasteiger partial charge in [0.05, 0.1) is 17.4 Å². The molecule has 0 unspecified atom stereocenters. The minimum absolute atomic E-state index is 0.197. The summed E-state index contributed by atoms with van der Waals surface area (Å²) >= 11 is 0. The molecule has 6 heteroatoms. The van der Waals surface area contributed by atoms with Crippen molar-refractivity contribution in [1.29, 1.82) is 0 Å². The first-order chi connectivity index (χ1) is 11.5. The summed E-state index contributed by atoms with van der Waals surface area (Å²) in [6, 6.07) is 3.30. The number of hydrogen-bond donors (Lipinski definition) is 0. The second-order valence-corrected chi connectivity index (χ2v) is 6.63. The summed E-state index contributed by atoms with van der Waals surface area (Å²) in [5.41, 5.74) is 2.72. The van der Waals surface area contributed by atoms with Crippen molar-refractivity contribution in [3.8, 4) is 0 Å². The normalized spacial score (nSPS) is 18.5. The topological polar surface area (TPSA) is 45.2 Å². The molecule has 5 nitrogen and oxygen atoms in total. The number of likely N-dealkylation sites (tertiary alicyclic amines) is 1. The Morgan fingerprint density at radius 1 is 1.33 bits per heavy atom. The van der Waals surface area contributed by atoms with Crippen LogP contribution in [-0.2, 0) is 13.1 Å². The first kappa shape index (κ1) is 16.9. The van der Waals surface area contributed by atoms with E-state index in [-0.39, 0.29) is 11.9 Å². The zero-order valence-electron chi connectivity index (χ0n) is 14.5. The molecule has 0 spiro atoms. The fourth-order valence-corrected chi connectivity index (χ4v) is 3.32. The van der Waals surface area contributed by atoms with E-state index in [4.69, 9.17) is 4.98 Å². The van der Waals surface area contributed by atoms with Gasteiger partial charge < -0.3 is 4.90 Å². The van der Waals surface area contributed by atoms with Crippen molar-refractivity contribution in [3.63, 3.8) is 0 Å². The minimum atomic E-state index is -0.240. The Morgan fingerprint density at radius 2 is 2.17 bits per heavy atom. The molecule has 1 fully saturated rings. The highest BCUT2D eigenvalue weighted by atomic mass is 19.1. The smallest absolute Gasteiger partial charge is 0.146 e. The first-order valence-corrected chi connectivity index (χ1v) is 8.35. The fraction of sp³-hybridized carbons (Fsp3) is 0.500. The third kappa shape index (κ3) is 3.76. The molecule has 3 heterocycles. The predicted molar refractivity (Wildman–Crippen MR) is 90.7 cm³/mol. The average Bonchev–Trinajstić information content (AvgIpc) is 2.99. The Bertz CT molecular complexity index is 704. The monoisotopic (exact) mass is 329 g/mol. The molecule has 3 rings (SSSR count). The van der Waals surface area contributed by atoms with Gasteiger partial charge in [-0.05, 0) is 52.5 Å². The van der Waals surface area contributed by atoms with Gasteiger partial charge in [-0.15, -0.1) is 0 Å². The van der Waals surface area contributed by atoms with E-state index in [9.17, 15) is 4.39 Å². The fourth-order valence-electron chi connectivity index (χ4n) is 3.32. The Kier molecular flexibility index (Phi) is 5.16. The molecule has 0 aromatic carbocycles. The van der Waals surface area contributed by atoms with Crippen molar-refractivity contribution < 1.29 is 4.39 Å². The summed E-state index contributed by atoms with van der Waals surface area (Å²) in [5.74, 6) is 0.541. The van der Waals surface area contributed by atoms with Crippen LogP contribution in [0, 0.1) is 12.7 Å². The van der Waals surface area contributed by atoms with Crippen molar-refractivity contribution in [2.75, 3.05) is 20.6 Å². The average molecular weight is 329 g/mol. The van der Waals surface area contributed by atoms with Crippen LogP contribution in [0.25, 0.3) is 0 Å². The predicted octanol–water partition coefficient (Wildman–Crippen LogP) is 2.72.